The van der Waals surface area contributed by atoms with E-state index in [1.54, 1.807) is 6.08 Å². The quantitative estimate of drug-likeness (QED) is 0.554. The maximum atomic E-state index is 9.96. The zero-order valence-corrected chi connectivity index (χ0v) is 5.68. The predicted molar refractivity (Wildman–Crippen MR) is 37.6 cm³/mol. The van der Waals surface area contributed by atoms with Crippen LogP contribution in [0.25, 0.3) is 0 Å². The molecule has 0 aromatic rings. The van der Waals surface area contributed by atoms with Crippen molar-refractivity contribution in [3.8, 4) is 0 Å². The van der Waals surface area contributed by atoms with E-state index in [1.165, 1.54) is 0 Å². The van der Waals surface area contributed by atoms with Crippen molar-refractivity contribution in [3.63, 3.8) is 0 Å². The molecule has 0 spiro atoms. The summed E-state index contributed by atoms with van der Waals surface area (Å²) in [4.78, 5) is 0. The van der Waals surface area contributed by atoms with Crippen molar-refractivity contribution in [2.75, 3.05) is 6.61 Å². The highest BCUT2D eigenvalue weighted by atomic mass is 16.2. The van der Waals surface area contributed by atoms with E-state index in [4.69, 9.17) is 5.73 Å². The van der Waals surface area contributed by atoms with Crippen molar-refractivity contribution in [2.45, 2.75) is 25.3 Å². The Morgan fingerprint density at radius 3 is 2.78 bits per heavy atom. The van der Waals surface area contributed by atoms with E-state index in [-0.39, 0.29) is 12.6 Å². The fourth-order valence-electron chi connectivity index (χ4n) is 0.677. The average Bonchev–Trinajstić information content (AvgIpc) is 1.85. The first-order chi connectivity index (χ1) is 4.31. The summed E-state index contributed by atoms with van der Waals surface area (Å²) in [6.07, 6.45) is 4.12. The Morgan fingerprint density at radius 1 is 1.67 bits per heavy atom. The summed E-state index contributed by atoms with van der Waals surface area (Å²) < 4.78 is 0. The van der Waals surface area contributed by atoms with Gasteiger partial charge in [-0.3, -0.25) is 0 Å². The molecule has 0 aliphatic heterocycles. The highest BCUT2D eigenvalue weighted by Crippen LogP contribution is 1.97. The highest BCUT2D eigenvalue weighted by molar-refractivity contribution is 4.74. The second-order valence-electron chi connectivity index (χ2n) is 2.13. The van der Waals surface area contributed by atoms with Crippen LogP contribution in [-0.2, 0) is 5.11 Å². The Hall–Kier alpha value is -0.340. The molecule has 0 heterocycles. The van der Waals surface area contributed by atoms with Crippen molar-refractivity contribution in [1.29, 1.82) is 0 Å². The van der Waals surface area contributed by atoms with Gasteiger partial charge < -0.3 is 5.73 Å². The monoisotopic (exact) mass is 128 g/mol. The van der Waals surface area contributed by atoms with Gasteiger partial charge in [0.1, 0.15) is 0 Å². The number of hydrogen-bond acceptors (Lipinski definition) is 1. The molecule has 1 unspecified atom stereocenters. The summed E-state index contributed by atoms with van der Waals surface area (Å²) in [5.74, 6) is 0. The molecule has 0 aliphatic rings. The van der Waals surface area contributed by atoms with Gasteiger partial charge in [0.15, 0.2) is 0 Å². The molecular weight excluding hydrogens is 114 g/mol. The molecule has 2 N–H and O–H groups in total. The van der Waals surface area contributed by atoms with Crippen LogP contribution in [0.2, 0.25) is 0 Å². The molecule has 0 saturated heterocycles. The largest absolute Gasteiger partial charge is 0.327 e. The summed E-state index contributed by atoms with van der Waals surface area (Å²) in [5.41, 5.74) is 5.56. The van der Waals surface area contributed by atoms with Crippen LogP contribution in [0.1, 0.15) is 19.3 Å². The lowest BCUT2D eigenvalue weighted by Crippen LogP contribution is -2.18. The Balaban J connectivity index is 3.04. The Labute approximate surface area is 56.4 Å². The minimum absolute atomic E-state index is 0.00908. The molecule has 1 radical (unpaired) electrons. The van der Waals surface area contributed by atoms with Gasteiger partial charge in [-0.05, 0) is 19.3 Å². The van der Waals surface area contributed by atoms with Crippen molar-refractivity contribution in [2.24, 2.45) is 5.73 Å². The Kier molecular flexibility index (Phi) is 5.57. The third kappa shape index (κ3) is 5.53. The fourth-order valence-corrected chi connectivity index (χ4v) is 0.677. The number of rotatable bonds is 5. The lowest BCUT2D eigenvalue weighted by molar-refractivity contribution is 0.184. The summed E-state index contributed by atoms with van der Waals surface area (Å²) in [6.45, 7) is 3.54. The van der Waals surface area contributed by atoms with Crippen molar-refractivity contribution < 1.29 is 5.11 Å². The first-order valence-electron chi connectivity index (χ1n) is 3.26. The van der Waals surface area contributed by atoms with Gasteiger partial charge in [-0.2, -0.15) is 0 Å². The van der Waals surface area contributed by atoms with Crippen LogP contribution in [0, 0.1) is 0 Å². The van der Waals surface area contributed by atoms with Gasteiger partial charge in [0.25, 0.3) is 0 Å². The van der Waals surface area contributed by atoms with Crippen LogP contribution >= 0.6 is 0 Å². The molecule has 0 saturated carbocycles. The normalized spacial score (nSPS) is 13.1. The van der Waals surface area contributed by atoms with Crippen LogP contribution in [0.15, 0.2) is 12.7 Å². The Morgan fingerprint density at radius 2 is 2.33 bits per heavy atom. The smallest absolute Gasteiger partial charge is 0.0822 e. The number of nitrogens with two attached hydrogens (primary N) is 1. The average molecular weight is 128 g/mol. The van der Waals surface area contributed by atoms with Gasteiger partial charge in [0.2, 0.25) is 0 Å². The van der Waals surface area contributed by atoms with Crippen molar-refractivity contribution in [3.05, 3.63) is 12.7 Å². The minimum Gasteiger partial charge on any atom is -0.327 e. The third-order valence-electron chi connectivity index (χ3n) is 1.19. The van der Waals surface area contributed by atoms with Gasteiger partial charge in [0.05, 0.1) is 6.61 Å². The fraction of sp³-hybridized carbons (Fsp3) is 0.714. The molecule has 0 aromatic carbocycles. The van der Waals surface area contributed by atoms with E-state index in [2.05, 4.69) is 6.58 Å². The SMILES string of the molecule is C=CCC(N)CCC[O]. The van der Waals surface area contributed by atoms with Crippen molar-refractivity contribution in [1.82, 2.24) is 0 Å². The zero-order chi connectivity index (χ0) is 7.11. The molecule has 9 heavy (non-hydrogen) atoms. The lowest BCUT2D eigenvalue weighted by Gasteiger charge is -2.04. The molecule has 0 rings (SSSR count). The van der Waals surface area contributed by atoms with Crippen LogP contribution in [0.3, 0.4) is 0 Å². The van der Waals surface area contributed by atoms with Crippen LogP contribution in [0.4, 0.5) is 0 Å². The minimum atomic E-state index is -0.00908. The molecule has 0 bridgehead atoms. The molecule has 0 aliphatic carbocycles. The summed E-state index contributed by atoms with van der Waals surface area (Å²) in [6, 6.07) is 0.149. The standard InChI is InChI=1S/C7H14NO/c1-2-4-7(8)5-3-6-9/h2,7H,1,3-6,8H2. The van der Waals surface area contributed by atoms with Crippen molar-refractivity contribution >= 4 is 0 Å². The van der Waals surface area contributed by atoms with E-state index in [0.29, 0.717) is 6.42 Å². The summed E-state index contributed by atoms with van der Waals surface area (Å²) in [5, 5.41) is 9.96. The molecule has 0 fully saturated rings. The van der Waals surface area contributed by atoms with Gasteiger partial charge >= 0.3 is 0 Å². The molecule has 2 nitrogen and oxygen atoms in total. The lowest BCUT2D eigenvalue weighted by atomic mass is 10.1. The Bertz CT molecular complexity index is 73.3. The molecule has 1 atom stereocenters. The van der Waals surface area contributed by atoms with E-state index < -0.39 is 0 Å². The first kappa shape index (κ1) is 8.66. The van der Waals surface area contributed by atoms with Gasteiger partial charge in [0, 0.05) is 6.04 Å². The molecule has 0 aromatic heterocycles. The second-order valence-corrected chi connectivity index (χ2v) is 2.13. The molecule has 2 heteroatoms. The molecule has 0 amide bonds. The van der Waals surface area contributed by atoms with E-state index >= 15 is 0 Å². The van der Waals surface area contributed by atoms with Gasteiger partial charge in [-0.15, -0.1) is 6.58 Å². The maximum absolute atomic E-state index is 9.96. The summed E-state index contributed by atoms with van der Waals surface area (Å²) in [7, 11) is 0. The van der Waals surface area contributed by atoms with E-state index in [9.17, 15) is 5.11 Å². The molecular formula is C7H14NO. The van der Waals surface area contributed by atoms with E-state index in [0.717, 1.165) is 12.8 Å². The van der Waals surface area contributed by atoms with Gasteiger partial charge in [-0.1, -0.05) is 6.08 Å². The maximum Gasteiger partial charge on any atom is 0.0822 e. The summed E-state index contributed by atoms with van der Waals surface area (Å²) >= 11 is 0. The second kappa shape index (κ2) is 5.79. The van der Waals surface area contributed by atoms with Gasteiger partial charge in [-0.25, -0.2) is 5.11 Å². The zero-order valence-electron chi connectivity index (χ0n) is 5.68. The third-order valence-corrected chi connectivity index (χ3v) is 1.19. The molecule has 53 valence electrons. The number of hydrogen-bond donors (Lipinski definition) is 1. The van der Waals surface area contributed by atoms with E-state index in [1.807, 2.05) is 0 Å². The van der Waals surface area contributed by atoms with Crippen LogP contribution < -0.4 is 5.73 Å². The topological polar surface area (TPSA) is 45.9 Å². The van der Waals surface area contributed by atoms with Crippen LogP contribution in [-0.4, -0.2) is 12.6 Å². The highest BCUT2D eigenvalue weighted by Gasteiger charge is 1.97. The first-order valence-corrected chi connectivity index (χ1v) is 3.26. The predicted octanol–water partition coefficient (Wildman–Crippen LogP) is 1.10. The van der Waals surface area contributed by atoms with Crippen LogP contribution in [0.5, 0.6) is 0 Å².